The van der Waals surface area contributed by atoms with E-state index in [2.05, 4.69) is 6.58 Å². The molecular weight excluding hydrogens is 128 g/mol. The first-order valence-corrected chi connectivity index (χ1v) is 3.71. The Morgan fingerprint density at radius 2 is 2.40 bits per heavy atom. The largest absolute Gasteiger partial charge is 0.390 e. The minimum atomic E-state index is -0.326. The average molecular weight is 142 g/mol. The summed E-state index contributed by atoms with van der Waals surface area (Å²) in [6.07, 6.45) is 2.43. The molecule has 1 saturated heterocycles. The highest BCUT2D eigenvalue weighted by atomic mass is 16.5. The minimum absolute atomic E-state index is 0.326. The predicted molar refractivity (Wildman–Crippen MR) is 39.8 cm³/mol. The minimum Gasteiger partial charge on any atom is -0.390 e. The molecule has 0 aromatic carbocycles. The van der Waals surface area contributed by atoms with Crippen LogP contribution >= 0.6 is 0 Å². The molecule has 0 spiro atoms. The maximum absolute atomic E-state index is 9.20. The molecular formula is C8H14O2. The summed E-state index contributed by atoms with van der Waals surface area (Å²) in [6, 6.07) is 0. The van der Waals surface area contributed by atoms with Gasteiger partial charge in [-0.3, -0.25) is 0 Å². The monoisotopic (exact) mass is 142 g/mol. The van der Waals surface area contributed by atoms with E-state index in [-0.39, 0.29) is 6.10 Å². The molecule has 0 bridgehead atoms. The lowest BCUT2D eigenvalue weighted by atomic mass is 10.0. The van der Waals surface area contributed by atoms with Gasteiger partial charge in [0.25, 0.3) is 0 Å². The third-order valence-electron chi connectivity index (χ3n) is 1.65. The normalized spacial score (nSPS) is 29.3. The number of aliphatic hydroxyl groups is 1. The molecule has 0 amide bonds. The van der Waals surface area contributed by atoms with Crippen molar-refractivity contribution in [1.82, 2.24) is 0 Å². The summed E-state index contributed by atoms with van der Waals surface area (Å²) in [5, 5.41) is 9.20. The van der Waals surface area contributed by atoms with Crippen molar-refractivity contribution in [3.8, 4) is 0 Å². The van der Waals surface area contributed by atoms with Crippen LogP contribution in [0.25, 0.3) is 0 Å². The van der Waals surface area contributed by atoms with Gasteiger partial charge in [-0.15, -0.1) is 0 Å². The van der Waals surface area contributed by atoms with Crippen molar-refractivity contribution in [2.75, 3.05) is 13.2 Å². The molecule has 0 aromatic rings. The highest BCUT2D eigenvalue weighted by Gasteiger charge is 2.09. The van der Waals surface area contributed by atoms with E-state index in [1.165, 1.54) is 0 Å². The number of hydrogen-bond acceptors (Lipinski definition) is 2. The molecule has 0 saturated carbocycles. The van der Waals surface area contributed by atoms with Gasteiger partial charge in [-0.1, -0.05) is 12.2 Å². The van der Waals surface area contributed by atoms with E-state index in [4.69, 9.17) is 4.74 Å². The molecule has 0 radical (unpaired) electrons. The summed E-state index contributed by atoms with van der Waals surface area (Å²) >= 11 is 0. The fourth-order valence-corrected chi connectivity index (χ4v) is 1.14. The Balaban J connectivity index is 2.32. The average Bonchev–Trinajstić information content (AvgIpc) is 1.83. The molecule has 1 atom stereocenters. The van der Waals surface area contributed by atoms with Gasteiger partial charge in [0.15, 0.2) is 0 Å². The van der Waals surface area contributed by atoms with Crippen LogP contribution in [-0.2, 0) is 4.74 Å². The summed E-state index contributed by atoms with van der Waals surface area (Å²) in [5.41, 5.74) is 1.15. The first-order valence-electron chi connectivity index (χ1n) is 3.71. The lowest BCUT2D eigenvalue weighted by Gasteiger charge is -2.16. The molecule has 1 aliphatic rings. The molecule has 2 nitrogen and oxygen atoms in total. The van der Waals surface area contributed by atoms with E-state index >= 15 is 0 Å². The molecule has 1 N–H and O–H groups in total. The maximum atomic E-state index is 9.20. The van der Waals surface area contributed by atoms with Crippen LogP contribution in [0.4, 0.5) is 0 Å². The first kappa shape index (κ1) is 7.76. The van der Waals surface area contributed by atoms with Gasteiger partial charge in [-0.25, -0.2) is 0 Å². The summed E-state index contributed by atoms with van der Waals surface area (Å²) in [5.74, 6) is 0. The Morgan fingerprint density at radius 3 is 3.20 bits per heavy atom. The molecule has 1 heterocycles. The molecule has 10 heavy (non-hydrogen) atoms. The van der Waals surface area contributed by atoms with Crippen LogP contribution in [0, 0.1) is 0 Å². The Bertz CT molecular complexity index is 120. The van der Waals surface area contributed by atoms with Crippen molar-refractivity contribution in [2.45, 2.75) is 25.4 Å². The van der Waals surface area contributed by atoms with Crippen molar-refractivity contribution in [1.29, 1.82) is 0 Å². The van der Waals surface area contributed by atoms with E-state index < -0.39 is 0 Å². The highest BCUT2D eigenvalue weighted by molar-refractivity contribution is 4.96. The number of hydrogen-bond donors (Lipinski definition) is 1. The van der Waals surface area contributed by atoms with Gasteiger partial charge >= 0.3 is 0 Å². The Hall–Kier alpha value is -0.340. The molecule has 1 aliphatic heterocycles. The van der Waals surface area contributed by atoms with Crippen molar-refractivity contribution >= 4 is 0 Å². The van der Waals surface area contributed by atoms with Crippen LogP contribution in [0.2, 0.25) is 0 Å². The Kier molecular flexibility index (Phi) is 2.90. The zero-order valence-electron chi connectivity index (χ0n) is 6.18. The smallest absolute Gasteiger partial charge is 0.0810 e. The summed E-state index contributed by atoms with van der Waals surface area (Å²) in [7, 11) is 0. The van der Waals surface area contributed by atoms with Gasteiger partial charge in [0.1, 0.15) is 0 Å². The Labute approximate surface area is 61.5 Å². The van der Waals surface area contributed by atoms with Gasteiger partial charge in [-0.2, -0.15) is 0 Å². The first-order chi connectivity index (χ1) is 4.79. The maximum Gasteiger partial charge on any atom is 0.0810 e. The molecule has 1 rings (SSSR count). The second-order valence-corrected chi connectivity index (χ2v) is 2.79. The predicted octanol–water partition coefficient (Wildman–Crippen LogP) is 1.10. The molecule has 0 aromatic heterocycles. The zero-order valence-corrected chi connectivity index (χ0v) is 6.18. The molecule has 0 aliphatic carbocycles. The fourth-order valence-electron chi connectivity index (χ4n) is 1.14. The number of rotatable bonds is 0. The van der Waals surface area contributed by atoms with Gasteiger partial charge in [0.2, 0.25) is 0 Å². The standard InChI is InChI=1S/C8H14O2/c1-7-3-2-4-10-6-8(9)5-7/h8-9H,1-6H2/t8-/m0/s1. The van der Waals surface area contributed by atoms with Crippen LogP contribution in [-0.4, -0.2) is 24.4 Å². The van der Waals surface area contributed by atoms with Gasteiger partial charge in [0.05, 0.1) is 12.7 Å². The Morgan fingerprint density at radius 1 is 1.60 bits per heavy atom. The molecule has 0 unspecified atom stereocenters. The number of aliphatic hydroxyl groups excluding tert-OH is 1. The van der Waals surface area contributed by atoms with Gasteiger partial charge < -0.3 is 9.84 Å². The van der Waals surface area contributed by atoms with E-state index in [1.54, 1.807) is 0 Å². The SMILES string of the molecule is C=C1CCCOC[C@@H](O)C1. The second-order valence-electron chi connectivity index (χ2n) is 2.79. The quantitative estimate of drug-likeness (QED) is 0.513. The summed E-state index contributed by atoms with van der Waals surface area (Å²) < 4.78 is 5.14. The molecule has 1 fully saturated rings. The van der Waals surface area contributed by atoms with Crippen LogP contribution < -0.4 is 0 Å². The van der Waals surface area contributed by atoms with Gasteiger partial charge in [-0.05, 0) is 19.3 Å². The lowest BCUT2D eigenvalue weighted by Crippen LogP contribution is -2.18. The summed E-state index contributed by atoms with van der Waals surface area (Å²) in [4.78, 5) is 0. The van der Waals surface area contributed by atoms with Crippen molar-refractivity contribution in [2.24, 2.45) is 0 Å². The number of ether oxygens (including phenoxy) is 1. The lowest BCUT2D eigenvalue weighted by molar-refractivity contribution is 0.0294. The fraction of sp³-hybridized carbons (Fsp3) is 0.750. The molecule has 2 heteroatoms. The van der Waals surface area contributed by atoms with Crippen molar-refractivity contribution in [3.63, 3.8) is 0 Å². The highest BCUT2D eigenvalue weighted by Crippen LogP contribution is 2.13. The van der Waals surface area contributed by atoms with Crippen LogP contribution in [0.1, 0.15) is 19.3 Å². The van der Waals surface area contributed by atoms with E-state index in [0.29, 0.717) is 13.0 Å². The van der Waals surface area contributed by atoms with Crippen LogP contribution in [0.5, 0.6) is 0 Å². The van der Waals surface area contributed by atoms with E-state index in [9.17, 15) is 5.11 Å². The van der Waals surface area contributed by atoms with Crippen LogP contribution in [0.15, 0.2) is 12.2 Å². The summed E-state index contributed by atoms with van der Waals surface area (Å²) in [6.45, 7) is 5.08. The van der Waals surface area contributed by atoms with Gasteiger partial charge in [0, 0.05) is 6.61 Å². The van der Waals surface area contributed by atoms with Crippen molar-refractivity contribution in [3.05, 3.63) is 12.2 Å². The third kappa shape index (κ3) is 2.50. The van der Waals surface area contributed by atoms with E-state index in [0.717, 1.165) is 25.0 Å². The molecule has 58 valence electrons. The third-order valence-corrected chi connectivity index (χ3v) is 1.65. The second kappa shape index (κ2) is 3.74. The van der Waals surface area contributed by atoms with E-state index in [1.807, 2.05) is 0 Å². The zero-order chi connectivity index (χ0) is 7.40. The topological polar surface area (TPSA) is 29.5 Å². The van der Waals surface area contributed by atoms with Crippen molar-refractivity contribution < 1.29 is 9.84 Å². The van der Waals surface area contributed by atoms with Crippen LogP contribution in [0.3, 0.4) is 0 Å².